The van der Waals surface area contributed by atoms with Gasteiger partial charge in [-0.3, -0.25) is 9.59 Å². The van der Waals surface area contributed by atoms with Crippen LogP contribution in [0.2, 0.25) is 0 Å². The van der Waals surface area contributed by atoms with E-state index in [1.54, 1.807) is 0 Å². The number of carbonyl (C=O) groups is 2. The molecule has 3 aliphatic rings. The standard InChI is InChI=1S/C17H28N2O4/c1-4-23-15-9-14(17(15)6-5-7-17)18(3)16(22)13-8-12(21)10-19(13)11(2)20/h12-15,21H,4-10H2,1-3H3/t12-,13+,14-,15-/m0/s1. The average Bonchev–Trinajstić information content (AvgIpc) is 2.82. The van der Waals surface area contributed by atoms with E-state index in [1.165, 1.54) is 18.2 Å². The summed E-state index contributed by atoms with van der Waals surface area (Å²) in [7, 11) is 1.85. The third-order valence-electron chi connectivity index (χ3n) is 6.18. The quantitative estimate of drug-likeness (QED) is 0.829. The van der Waals surface area contributed by atoms with Crippen LogP contribution in [0.3, 0.4) is 0 Å². The summed E-state index contributed by atoms with van der Waals surface area (Å²) in [6.45, 7) is 4.44. The topological polar surface area (TPSA) is 70.1 Å². The zero-order valence-corrected chi connectivity index (χ0v) is 14.3. The van der Waals surface area contributed by atoms with Crippen LogP contribution in [0.25, 0.3) is 0 Å². The number of hydrogen-bond donors (Lipinski definition) is 1. The summed E-state index contributed by atoms with van der Waals surface area (Å²) in [5.74, 6) is -0.185. The van der Waals surface area contributed by atoms with E-state index in [0.717, 1.165) is 19.3 Å². The predicted octanol–water partition coefficient (Wildman–Crippen LogP) is 0.774. The summed E-state index contributed by atoms with van der Waals surface area (Å²) in [5, 5.41) is 9.85. The Morgan fingerprint density at radius 1 is 1.35 bits per heavy atom. The third-order valence-corrected chi connectivity index (χ3v) is 6.18. The number of likely N-dealkylation sites (tertiary alicyclic amines) is 1. The molecule has 0 radical (unpaired) electrons. The fraction of sp³-hybridized carbons (Fsp3) is 0.882. The Morgan fingerprint density at radius 2 is 2.04 bits per heavy atom. The van der Waals surface area contributed by atoms with Crippen molar-refractivity contribution >= 4 is 11.8 Å². The second-order valence-corrected chi connectivity index (χ2v) is 7.31. The molecule has 1 spiro atoms. The molecule has 0 bridgehead atoms. The van der Waals surface area contributed by atoms with Gasteiger partial charge in [-0.2, -0.15) is 0 Å². The van der Waals surface area contributed by atoms with Crippen LogP contribution in [0.4, 0.5) is 0 Å². The molecule has 130 valence electrons. The van der Waals surface area contributed by atoms with E-state index in [-0.39, 0.29) is 35.9 Å². The van der Waals surface area contributed by atoms with Crippen LogP contribution in [0, 0.1) is 5.41 Å². The Bertz CT molecular complexity index is 491. The van der Waals surface area contributed by atoms with Crippen LogP contribution in [0.5, 0.6) is 0 Å². The van der Waals surface area contributed by atoms with Crippen molar-refractivity contribution in [1.29, 1.82) is 0 Å². The van der Waals surface area contributed by atoms with E-state index < -0.39 is 12.1 Å². The Kier molecular flexibility index (Phi) is 4.40. The molecule has 1 N–H and O–H groups in total. The Morgan fingerprint density at radius 3 is 2.57 bits per heavy atom. The fourth-order valence-corrected chi connectivity index (χ4v) is 4.73. The van der Waals surface area contributed by atoms with Gasteiger partial charge in [0.15, 0.2) is 0 Å². The summed E-state index contributed by atoms with van der Waals surface area (Å²) >= 11 is 0. The molecule has 6 nitrogen and oxygen atoms in total. The van der Waals surface area contributed by atoms with Gasteiger partial charge in [0.25, 0.3) is 0 Å². The molecule has 3 fully saturated rings. The summed E-state index contributed by atoms with van der Waals surface area (Å²) in [6.07, 6.45) is 4.32. The van der Waals surface area contributed by atoms with Crippen molar-refractivity contribution in [2.75, 3.05) is 20.2 Å². The van der Waals surface area contributed by atoms with Crippen LogP contribution >= 0.6 is 0 Å². The molecular weight excluding hydrogens is 296 g/mol. The molecule has 4 atom stereocenters. The number of nitrogens with zero attached hydrogens (tertiary/aromatic N) is 2. The van der Waals surface area contributed by atoms with E-state index in [9.17, 15) is 14.7 Å². The second kappa shape index (κ2) is 6.06. The highest BCUT2D eigenvalue weighted by atomic mass is 16.5. The number of aliphatic hydroxyl groups excluding tert-OH is 1. The summed E-state index contributed by atoms with van der Waals surface area (Å²) in [6, 6.07) is -0.317. The molecule has 0 aromatic carbocycles. The van der Waals surface area contributed by atoms with Crippen molar-refractivity contribution in [3.63, 3.8) is 0 Å². The minimum Gasteiger partial charge on any atom is -0.391 e. The SMILES string of the molecule is CCO[C@H]1C[C@H](N(C)C(=O)[C@H]2C[C@H](O)CN2C(C)=O)C12CCC2. The number of rotatable bonds is 4. The normalized spacial score (nSPS) is 34.9. The van der Waals surface area contributed by atoms with E-state index >= 15 is 0 Å². The first kappa shape index (κ1) is 16.7. The first-order valence-corrected chi connectivity index (χ1v) is 8.74. The first-order valence-electron chi connectivity index (χ1n) is 8.74. The van der Waals surface area contributed by atoms with Crippen molar-refractivity contribution < 1.29 is 19.4 Å². The maximum absolute atomic E-state index is 12.9. The number of carbonyl (C=O) groups excluding carboxylic acids is 2. The minimum atomic E-state index is -0.600. The van der Waals surface area contributed by atoms with Gasteiger partial charge in [-0.05, 0) is 26.2 Å². The van der Waals surface area contributed by atoms with Crippen LogP contribution in [0.1, 0.15) is 46.0 Å². The number of β-amino-alcohol motifs (C(OH)–C–C–N with tert-alkyl or cyclic N) is 1. The number of hydrogen-bond acceptors (Lipinski definition) is 4. The van der Waals surface area contributed by atoms with Gasteiger partial charge in [-0.25, -0.2) is 0 Å². The molecule has 2 aliphatic carbocycles. The molecule has 23 heavy (non-hydrogen) atoms. The Hall–Kier alpha value is -1.14. The molecular formula is C17H28N2O4. The van der Waals surface area contributed by atoms with E-state index in [1.807, 2.05) is 18.9 Å². The summed E-state index contributed by atoms with van der Waals surface area (Å²) in [5.41, 5.74) is 0.124. The molecule has 0 aromatic rings. The predicted molar refractivity (Wildman–Crippen MR) is 84.7 cm³/mol. The number of ether oxygens (including phenoxy) is 1. The van der Waals surface area contributed by atoms with Crippen LogP contribution in [-0.2, 0) is 14.3 Å². The molecule has 6 heteroatoms. The minimum absolute atomic E-state index is 0.0389. The lowest BCUT2D eigenvalue weighted by molar-refractivity contribution is -0.204. The summed E-state index contributed by atoms with van der Waals surface area (Å²) in [4.78, 5) is 28.0. The van der Waals surface area contributed by atoms with Gasteiger partial charge in [0.2, 0.25) is 11.8 Å². The first-order chi connectivity index (χ1) is 10.9. The van der Waals surface area contributed by atoms with Crippen molar-refractivity contribution in [3.05, 3.63) is 0 Å². The largest absolute Gasteiger partial charge is 0.391 e. The highest BCUT2D eigenvalue weighted by Crippen LogP contribution is 2.59. The zero-order valence-electron chi connectivity index (χ0n) is 14.3. The van der Waals surface area contributed by atoms with Crippen LogP contribution in [-0.4, -0.2) is 71.2 Å². The Balaban J connectivity index is 1.69. The zero-order chi connectivity index (χ0) is 16.8. The summed E-state index contributed by atoms with van der Waals surface area (Å²) < 4.78 is 5.86. The highest BCUT2D eigenvalue weighted by Gasteiger charge is 2.61. The monoisotopic (exact) mass is 324 g/mol. The van der Waals surface area contributed by atoms with E-state index in [4.69, 9.17) is 4.74 Å². The fourth-order valence-electron chi connectivity index (χ4n) is 4.73. The average molecular weight is 324 g/mol. The molecule has 2 saturated carbocycles. The molecule has 1 heterocycles. The van der Waals surface area contributed by atoms with Gasteiger partial charge in [0.1, 0.15) is 6.04 Å². The number of aliphatic hydroxyl groups is 1. The van der Waals surface area contributed by atoms with Crippen molar-refractivity contribution in [1.82, 2.24) is 9.80 Å². The van der Waals surface area contributed by atoms with Crippen molar-refractivity contribution in [2.24, 2.45) is 5.41 Å². The van der Waals surface area contributed by atoms with Crippen molar-refractivity contribution in [3.8, 4) is 0 Å². The van der Waals surface area contributed by atoms with Gasteiger partial charge < -0.3 is 19.6 Å². The third kappa shape index (κ3) is 2.56. The van der Waals surface area contributed by atoms with Gasteiger partial charge in [-0.1, -0.05) is 6.42 Å². The number of amides is 2. The van der Waals surface area contributed by atoms with Gasteiger partial charge >= 0.3 is 0 Å². The second-order valence-electron chi connectivity index (χ2n) is 7.31. The molecule has 1 aliphatic heterocycles. The van der Waals surface area contributed by atoms with Crippen LogP contribution in [0.15, 0.2) is 0 Å². The molecule has 1 saturated heterocycles. The highest BCUT2D eigenvalue weighted by molar-refractivity contribution is 5.88. The van der Waals surface area contributed by atoms with Crippen molar-refractivity contribution in [2.45, 2.75) is 70.2 Å². The maximum Gasteiger partial charge on any atom is 0.245 e. The Labute approximate surface area is 137 Å². The van der Waals surface area contributed by atoms with Gasteiger partial charge in [-0.15, -0.1) is 0 Å². The molecule has 0 aromatic heterocycles. The number of likely N-dealkylation sites (N-methyl/N-ethyl adjacent to an activating group) is 1. The lowest BCUT2D eigenvalue weighted by atomic mass is 9.50. The lowest BCUT2D eigenvalue weighted by Crippen LogP contribution is -2.69. The van der Waals surface area contributed by atoms with Gasteiger partial charge in [0, 0.05) is 45.0 Å². The van der Waals surface area contributed by atoms with E-state index in [0.29, 0.717) is 13.0 Å². The lowest BCUT2D eigenvalue weighted by Gasteiger charge is -2.63. The smallest absolute Gasteiger partial charge is 0.245 e. The molecule has 3 rings (SSSR count). The maximum atomic E-state index is 12.9. The molecule has 2 amide bonds. The van der Waals surface area contributed by atoms with E-state index in [2.05, 4.69) is 0 Å². The van der Waals surface area contributed by atoms with Crippen LogP contribution < -0.4 is 0 Å². The molecule has 0 unspecified atom stereocenters. The van der Waals surface area contributed by atoms with Gasteiger partial charge in [0.05, 0.1) is 12.2 Å².